The first-order valence-electron chi connectivity index (χ1n) is 6.85. The molecule has 0 bridgehead atoms. The summed E-state index contributed by atoms with van der Waals surface area (Å²) in [5.74, 6) is -0.374. The summed E-state index contributed by atoms with van der Waals surface area (Å²) in [5.41, 5.74) is 3.14. The van der Waals surface area contributed by atoms with E-state index in [1.807, 2.05) is 25.2 Å². The van der Waals surface area contributed by atoms with E-state index in [-0.39, 0.29) is 10.8 Å². The molecule has 0 amide bonds. The molecule has 0 aliphatic carbocycles. The second-order valence-electron chi connectivity index (χ2n) is 5.04. The molecule has 2 nitrogen and oxygen atoms in total. The number of hydrogen-bond donors (Lipinski definition) is 1. The van der Waals surface area contributed by atoms with Crippen molar-refractivity contribution in [1.82, 2.24) is 9.88 Å². The van der Waals surface area contributed by atoms with Crippen LogP contribution in [0, 0.1) is 5.82 Å². The van der Waals surface area contributed by atoms with Gasteiger partial charge in [0.15, 0.2) is 0 Å². The summed E-state index contributed by atoms with van der Waals surface area (Å²) in [6, 6.07) is 13.1. The van der Waals surface area contributed by atoms with Gasteiger partial charge in [0.1, 0.15) is 5.82 Å². The van der Waals surface area contributed by atoms with Crippen molar-refractivity contribution in [2.45, 2.75) is 13.1 Å². The van der Waals surface area contributed by atoms with Gasteiger partial charge in [-0.25, -0.2) is 4.39 Å². The van der Waals surface area contributed by atoms with Crippen LogP contribution in [0.5, 0.6) is 0 Å². The fraction of sp³-hybridized carbons (Fsp3) is 0.176. The first kappa shape index (κ1) is 14.1. The van der Waals surface area contributed by atoms with Crippen molar-refractivity contribution in [3.05, 3.63) is 70.6 Å². The number of nitrogens with zero attached hydrogens (tertiary/aromatic N) is 1. The molecule has 0 aliphatic rings. The topological polar surface area (TPSA) is 17.0 Å². The summed E-state index contributed by atoms with van der Waals surface area (Å²) >= 11 is 6.06. The monoisotopic (exact) mass is 302 g/mol. The first-order chi connectivity index (χ1) is 10.2. The van der Waals surface area contributed by atoms with Crippen molar-refractivity contribution in [1.29, 1.82) is 0 Å². The Labute approximate surface area is 128 Å². The van der Waals surface area contributed by atoms with Gasteiger partial charge in [-0.2, -0.15) is 0 Å². The van der Waals surface area contributed by atoms with E-state index in [9.17, 15) is 4.39 Å². The summed E-state index contributed by atoms with van der Waals surface area (Å²) in [4.78, 5) is 0. The molecular weight excluding hydrogens is 287 g/mol. The van der Waals surface area contributed by atoms with E-state index in [1.54, 1.807) is 6.07 Å². The van der Waals surface area contributed by atoms with Crippen LogP contribution >= 0.6 is 11.6 Å². The average Bonchev–Trinajstić information content (AvgIpc) is 2.83. The highest BCUT2D eigenvalue weighted by Gasteiger charge is 2.10. The number of halogens is 2. The molecule has 4 heteroatoms. The van der Waals surface area contributed by atoms with Crippen molar-refractivity contribution in [3.63, 3.8) is 0 Å². The van der Waals surface area contributed by atoms with Crippen LogP contribution in [0.4, 0.5) is 4.39 Å². The Bertz CT molecular complexity index is 780. The Morgan fingerprint density at radius 1 is 1.10 bits per heavy atom. The van der Waals surface area contributed by atoms with Crippen molar-refractivity contribution < 1.29 is 4.39 Å². The van der Waals surface area contributed by atoms with Gasteiger partial charge in [-0.1, -0.05) is 41.9 Å². The number of hydrogen-bond acceptors (Lipinski definition) is 1. The molecule has 0 atom stereocenters. The molecule has 0 unspecified atom stereocenters. The van der Waals surface area contributed by atoms with Gasteiger partial charge in [0.05, 0.1) is 5.02 Å². The lowest BCUT2D eigenvalue weighted by molar-refractivity contribution is 0.624. The second kappa shape index (κ2) is 5.88. The minimum absolute atomic E-state index is 0.199. The van der Waals surface area contributed by atoms with Gasteiger partial charge in [-0.15, -0.1) is 0 Å². The van der Waals surface area contributed by atoms with Gasteiger partial charge in [-0.05, 0) is 30.3 Å². The van der Waals surface area contributed by atoms with E-state index in [4.69, 9.17) is 11.6 Å². The third kappa shape index (κ3) is 2.67. The predicted octanol–water partition coefficient (Wildman–Crippen LogP) is 4.20. The van der Waals surface area contributed by atoms with Crippen LogP contribution in [0.25, 0.3) is 10.9 Å². The van der Waals surface area contributed by atoms with Crippen LogP contribution in [0.3, 0.4) is 0 Å². The molecule has 1 N–H and O–H groups in total. The van der Waals surface area contributed by atoms with Crippen molar-refractivity contribution >= 4 is 22.5 Å². The maximum atomic E-state index is 13.6. The molecule has 0 aliphatic heterocycles. The molecule has 0 saturated carbocycles. The number of benzene rings is 2. The van der Waals surface area contributed by atoms with Crippen LogP contribution in [0.1, 0.15) is 11.1 Å². The summed E-state index contributed by atoms with van der Waals surface area (Å²) in [6.07, 6.45) is 2.10. The van der Waals surface area contributed by atoms with Crippen LogP contribution < -0.4 is 5.32 Å². The zero-order chi connectivity index (χ0) is 14.8. The van der Waals surface area contributed by atoms with E-state index in [0.29, 0.717) is 6.54 Å². The molecule has 3 aromatic rings. The quantitative estimate of drug-likeness (QED) is 0.764. The SMILES string of the molecule is CNCc1cn(Cc2cccc(F)c2Cl)c2ccccc12. The minimum Gasteiger partial charge on any atom is -0.343 e. The van der Waals surface area contributed by atoms with Gasteiger partial charge in [0, 0.05) is 30.2 Å². The molecule has 0 spiro atoms. The lowest BCUT2D eigenvalue weighted by Gasteiger charge is -2.08. The van der Waals surface area contributed by atoms with E-state index >= 15 is 0 Å². The van der Waals surface area contributed by atoms with E-state index in [2.05, 4.69) is 28.2 Å². The number of para-hydroxylation sites is 1. The third-order valence-corrected chi connectivity index (χ3v) is 4.03. The highest BCUT2D eigenvalue weighted by Crippen LogP contribution is 2.25. The third-order valence-electron chi connectivity index (χ3n) is 3.61. The molecule has 21 heavy (non-hydrogen) atoms. The van der Waals surface area contributed by atoms with E-state index in [0.717, 1.165) is 17.6 Å². The Kier molecular flexibility index (Phi) is 3.95. The Morgan fingerprint density at radius 2 is 1.90 bits per heavy atom. The average molecular weight is 303 g/mol. The summed E-state index contributed by atoms with van der Waals surface area (Å²) in [7, 11) is 1.93. The summed E-state index contributed by atoms with van der Waals surface area (Å²) in [5, 5.41) is 4.58. The Morgan fingerprint density at radius 3 is 2.71 bits per heavy atom. The largest absolute Gasteiger partial charge is 0.343 e. The number of aromatic nitrogens is 1. The highest BCUT2D eigenvalue weighted by molar-refractivity contribution is 6.31. The second-order valence-corrected chi connectivity index (χ2v) is 5.42. The van der Waals surface area contributed by atoms with Crippen LogP contribution in [-0.2, 0) is 13.1 Å². The van der Waals surface area contributed by atoms with Crippen LogP contribution in [0.15, 0.2) is 48.7 Å². The number of rotatable bonds is 4. The minimum atomic E-state index is -0.374. The molecule has 1 heterocycles. The molecule has 2 aromatic carbocycles. The standard InChI is InChI=1S/C17H16ClFN2/c1-20-9-13-11-21(16-8-3-2-6-14(13)16)10-12-5-4-7-15(19)17(12)18/h2-8,11,20H,9-10H2,1H3. The maximum absolute atomic E-state index is 13.6. The molecule has 0 fully saturated rings. The smallest absolute Gasteiger partial charge is 0.142 e. The summed E-state index contributed by atoms with van der Waals surface area (Å²) in [6.45, 7) is 1.35. The van der Waals surface area contributed by atoms with Crippen molar-refractivity contribution in [2.24, 2.45) is 0 Å². The fourth-order valence-corrected chi connectivity index (χ4v) is 2.82. The van der Waals surface area contributed by atoms with Crippen molar-refractivity contribution in [2.75, 3.05) is 7.05 Å². The van der Waals surface area contributed by atoms with Gasteiger partial charge >= 0.3 is 0 Å². The number of fused-ring (bicyclic) bond motifs is 1. The zero-order valence-electron chi connectivity index (χ0n) is 11.7. The maximum Gasteiger partial charge on any atom is 0.142 e. The van der Waals surface area contributed by atoms with Crippen LogP contribution in [0.2, 0.25) is 5.02 Å². The van der Waals surface area contributed by atoms with Crippen molar-refractivity contribution in [3.8, 4) is 0 Å². The van der Waals surface area contributed by atoms with Gasteiger partial charge in [0.25, 0.3) is 0 Å². The van der Waals surface area contributed by atoms with Crippen LogP contribution in [-0.4, -0.2) is 11.6 Å². The molecule has 0 radical (unpaired) electrons. The zero-order valence-corrected chi connectivity index (χ0v) is 12.5. The lowest BCUT2D eigenvalue weighted by Crippen LogP contribution is -2.04. The van der Waals surface area contributed by atoms with Gasteiger partial charge in [-0.3, -0.25) is 0 Å². The Hall–Kier alpha value is -1.84. The molecule has 3 rings (SSSR count). The lowest BCUT2D eigenvalue weighted by atomic mass is 10.2. The normalized spacial score (nSPS) is 11.2. The van der Waals surface area contributed by atoms with Gasteiger partial charge < -0.3 is 9.88 Å². The predicted molar refractivity (Wildman–Crippen MR) is 85.2 cm³/mol. The van der Waals surface area contributed by atoms with E-state index < -0.39 is 0 Å². The van der Waals surface area contributed by atoms with Gasteiger partial charge in [0.2, 0.25) is 0 Å². The first-order valence-corrected chi connectivity index (χ1v) is 7.22. The molecular formula is C17H16ClFN2. The molecule has 108 valence electrons. The molecule has 1 aromatic heterocycles. The number of nitrogens with one attached hydrogen (secondary N) is 1. The fourth-order valence-electron chi connectivity index (χ4n) is 2.64. The summed E-state index contributed by atoms with van der Waals surface area (Å²) < 4.78 is 15.7. The Balaban J connectivity index is 2.06. The molecule has 0 saturated heterocycles. The highest BCUT2D eigenvalue weighted by atomic mass is 35.5. The van der Waals surface area contributed by atoms with E-state index in [1.165, 1.54) is 17.0 Å².